The lowest BCUT2D eigenvalue weighted by Crippen LogP contribution is -2.44. The lowest BCUT2D eigenvalue weighted by atomic mass is 9.53. The van der Waals surface area contributed by atoms with Crippen LogP contribution in [0.3, 0.4) is 0 Å². The highest BCUT2D eigenvalue weighted by Gasteiger charge is 2.47. The molecule has 0 radical (unpaired) electrons. The molecule has 0 spiro atoms. The lowest BCUT2D eigenvalue weighted by Gasteiger charge is -2.52. The average molecular weight is 565 g/mol. The van der Waals surface area contributed by atoms with Crippen LogP contribution in [0, 0.1) is 41.4 Å². The third-order valence-electron chi connectivity index (χ3n) is 8.76. The van der Waals surface area contributed by atoms with Gasteiger partial charge in [0.05, 0.1) is 0 Å². The summed E-state index contributed by atoms with van der Waals surface area (Å²) in [6.45, 7) is 2.21. The van der Waals surface area contributed by atoms with E-state index in [0.29, 0.717) is 29.6 Å². The van der Waals surface area contributed by atoms with Crippen LogP contribution in [0.1, 0.15) is 84.0 Å². The van der Waals surface area contributed by atoms with E-state index in [9.17, 15) is 34.4 Å². The Labute approximate surface area is 212 Å². The first kappa shape index (κ1) is 30.1. The molecule has 0 aromatic heterocycles. The second-order valence-electron chi connectivity index (χ2n) is 12.0. The van der Waals surface area contributed by atoms with Crippen molar-refractivity contribution in [2.75, 3.05) is 11.5 Å². The van der Waals surface area contributed by atoms with Gasteiger partial charge in [-0.05, 0) is 86.4 Å². The molecular formula is C24H40F4O6S2. The van der Waals surface area contributed by atoms with Crippen molar-refractivity contribution in [3.63, 3.8) is 0 Å². The third-order valence-corrected chi connectivity index (χ3v) is 10.3. The summed E-state index contributed by atoms with van der Waals surface area (Å²) < 4.78 is 117. The van der Waals surface area contributed by atoms with Crippen molar-refractivity contribution in [3.05, 3.63) is 0 Å². The zero-order chi connectivity index (χ0) is 26.9. The molecule has 3 aliphatic carbocycles. The molecule has 0 heterocycles. The Morgan fingerprint density at radius 1 is 0.694 bits per heavy atom. The van der Waals surface area contributed by atoms with E-state index in [1.54, 1.807) is 0 Å². The van der Waals surface area contributed by atoms with Crippen LogP contribution in [0.5, 0.6) is 0 Å². The van der Waals surface area contributed by atoms with Crippen molar-refractivity contribution in [2.45, 2.75) is 95.8 Å². The molecule has 4 unspecified atom stereocenters. The van der Waals surface area contributed by atoms with Gasteiger partial charge in [-0.25, -0.2) is 17.6 Å². The van der Waals surface area contributed by atoms with Crippen LogP contribution in [0.2, 0.25) is 0 Å². The summed E-state index contributed by atoms with van der Waals surface area (Å²) in [5.74, 6) is -7.77. The highest BCUT2D eigenvalue weighted by Crippen LogP contribution is 2.55. The van der Waals surface area contributed by atoms with Gasteiger partial charge in [-0.2, -0.15) is 16.8 Å². The molecule has 2 N–H and O–H groups in total. The van der Waals surface area contributed by atoms with Gasteiger partial charge in [-0.3, -0.25) is 9.11 Å². The summed E-state index contributed by atoms with van der Waals surface area (Å²) in [6.07, 6.45) is 6.49. The molecule has 0 saturated heterocycles. The van der Waals surface area contributed by atoms with Gasteiger partial charge < -0.3 is 0 Å². The van der Waals surface area contributed by atoms with Gasteiger partial charge in [0.25, 0.3) is 32.1 Å². The van der Waals surface area contributed by atoms with Gasteiger partial charge in [-0.15, -0.1) is 0 Å². The molecule has 2 bridgehead atoms. The molecule has 0 aliphatic heterocycles. The number of hydrogen-bond donors (Lipinski definition) is 2. The molecule has 3 saturated carbocycles. The molecule has 0 aromatic carbocycles. The first-order chi connectivity index (χ1) is 16.4. The third kappa shape index (κ3) is 9.38. The molecule has 12 heteroatoms. The van der Waals surface area contributed by atoms with Crippen molar-refractivity contribution in [1.29, 1.82) is 0 Å². The van der Waals surface area contributed by atoms with E-state index in [2.05, 4.69) is 6.92 Å². The standard InChI is InChI=1S/C24H40F4O6S2/c1-16-9-20-12-18(6-8-24(27,28)15-36(32,33)34)13-21(10-16)22(20)19-4-2-3-17(11-19)5-7-23(25,26)14-35(29,30)31/h16-22H,2-15H2,1H3,(H,29,30,31)(H,32,33,34). The predicted molar refractivity (Wildman–Crippen MR) is 128 cm³/mol. The van der Waals surface area contributed by atoms with Crippen molar-refractivity contribution in [2.24, 2.45) is 41.4 Å². The molecule has 6 nitrogen and oxygen atoms in total. The monoisotopic (exact) mass is 564 g/mol. The van der Waals surface area contributed by atoms with E-state index in [1.165, 1.54) is 0 Å². The van der Waals surface area contributed by atoms with Gasteiger partial charge in [0.2, 0.25) is 0 Å². The highest BCUT2D eigenvalue weighted by atomic mass is 32.2. The Kier molecular flexibility index (Phi) is 9.48. The first-order valence-corrected chi connectivity index (χ1v) is 16.3. The van der Waals surface area contributed by atoms with Gasteiger partial charge in [-0.1, -0.05) is 26.2 Å². The quantitative estimate of drug-likeness (QED) is 0.232. The smallest absolute Gasteiger partial charge is 0.270 e. The minimum absolute atomic E-state index is 0.0750. The largest absolute Gasteiger partial charge is 0.285 e. The molecule has 212 valence electrons. The molecular weight excluding hydrogens is 524 g/mol. The predicted octanol–water partition coefficient (Wildman–Crippen LogP) is 6.09. The SMILES string of the molecule is CC1CC2CC(CCC(F)(F)CS(=O)(=O)O)CC(C1)C2C1CCCC(CCC(F)(F)CS(=O)(=O)O)C1. The minimum atomic E-state index is -4.75. The van der Waals surface area contributed by atoms with Crippen LogP contribution in [0.15, 0.2) is 0 Å². The zero-order valence-corrected chi connectivity index (χ0v) is 22.4. The number of rotatable bonds is 11. The Balaban J connectivity index is 1.58. The summed E-state index contributed by atoms with van der Waals surface area (Å²) in [4.78, 5) is 0. The average Bonchev–Trinajstić information content (AvgIpc) is 2.67. The number of alkyl halides is 4. The van der Waals surface area contributed by atoms with Crippen molar-refractivity contribution >= 4 is 20.2 Å². The molecule has 36 heavy (non-hydrogen) atoms. The summed E-state index contributed by atoms with van der Waals surface area (Å²) in [5.41, 5.74) is 0. The minimum Gasteiger partial charge on any atom is -0.285 e. The maximum Gasteiger partial charge on any atom is 0.270 e. The van der Waals surface area contributed by atoms with Crippen LogP contribution in [0.4, 0.5) is 17.6 Å². The number of fused-ring (bicyclic) bond motifs is 2. The molecule has 3 aliphatic rings. The van der Waals surface area contributed by atoms with E-state index in [4.69, 9.17) is 9.11 Å². The summed E-state index contributed by atoms with van der Waals surface area (Å²) in [6, 6.07) is 0. The van der Waals surface area contributed by atoms with Crippen LogP contribution in [0.25, 0.3) is 0 Å². The maximum atomic E-state index is 14.0. The van der Waals surface area contributed by atoms with Crippen LogP contribution in [-0.2, 0) is 20.2 Å². The van der Waals surface area contributed by atoms with Crippen molar-refractivity contribution < 1.29 is 43.5 Å². The van der Waals surface area contributed by atoms with E-state index < -0.39 is 56.4 Å². The van der Waals surface area contributed by atoms with Crippen LogP contribution >= 0.6 is 0 Å². The highest BCUT2D eigenvalue weighted by molar-refractivity contribution is 7.86. The Bertz CT molecular complexity index is 934. The fraction of sp³-hybridized carbons (Fsp3) is 1.00. The Hall–Kier alpha value is -0.460. The molecule has 3 fully saturated rings. The Morgan fingerprint density at radius 3 is 1.61 bits per heavy atom. The van der Waals surface area contributed by atoms with E-state index >= 15 is 0 Å². The van der Waals surface area contributed by atoms with E-state index in [-0.39, 0.29) is 24.7 Å². The summed E-state index contributed by atoms with van der Waals surface area (Å²) in [7, 11) is -9.49. The molecule has 4 atom stereocenters. The zero-order valence-electron chi connectivity index (χ0n) is 20.8. The van der Waals surface area contributed by atoms with Crippen molar-refractivity contribution in [1.82, 2.24) is 0 Å². The lowest BCUT2D eigenvalue weighted by molar-refractivity contribution is -0.0395. The van der Waals surface area contributed by atoms with Gasteiger partial charge in [0.1, 0.15) is 11.5 Å². The van der Waals surface area contributed by atoms with Gasteiger partial charge in [0.15, 0.2) is 0 Å². The molecule has 0 amide bonds. The summed E-state index contributed by atoms with van der Waals surface area (Å²) in [5, 5.41) is 0. The number of hydrogen-bond acceptors (Lipinski definition) is 4. The van der Waals surface area contributed by atoms with E-state index in [1.807, 2.05) is 0 Å². The Morgan fingerprint density at radius 2 is 1.14 bits per heavy atom. The second-order valence-corrected chi connectivity index (χ2v) is 15.0. The van der Waals surface area contributed by atoms with Crippen LogP contribution < -0.4 is 0 Å². The summed E-state index contributed by atoms with van der Waals surface area (Å²) >= 11 is 0. The maximum absolute atomic E-state index is 14.0. The van der Waals surface area contributed by atoms with Crippen molar-refractivity contribution in [3.8, 4) is 0 Å². The molecule has 0 aromatic rings. The van der Waals surface area contributed by atoms with Gasteiger partial charge >= 0.3 is 0 Å². The fourth-order valence-electron chi connectivity index (χ4n) is 7.75. The second kappa shape index (κ2) is 11.3. The van der Waals surface area contributed by atoms with E-state index in [0.717, 1.165) is 51.4 Å². The van der Waals surface area contributed by atoms with Crippen LogP contribution in [-0.4, -0.2) is 49.3 Å². The first-order valence-electron chi connectivity index (χ1n) is 13.1. The molecule has 3 rings (SSSR count). The normalized spacial score (nSPS) is 34.5. The fourth-order valence-corrected chi connectivity index (χ4v) is 9.10. The number of halogens is 4. The van der Waals surface area contributed by atoms with Gasteiger partial charge in [0, 0.05) is 12.8 Å². The topological polar surface area (TPSA) is 109 Å².